The molecule has 4 bridgehead atoms. The van der Waals surface area contributed by atoms with E-state index in [1.54, 1.807) is 13.8 Å². The van der Waals surface area contributed by atoms with Crippen molar-refractivity contribution in [3.63, 3.8) is 0 Å². The molecule has 0 saturated carbocycles. The number of anilines is 1. The van der Waals surface area contributed by atoms with Gasteiger partial charge in [0.15, 0.2) is 11.2 Å². The number of carbonyl (C=O) groups excluding carboxylic acids is 3. The molecular formula is C30H50N6O6. The van der Waals surface area contributed by atoms with Crippen molar-refractivity contribution in [3.8, 4) is 0 Å². The first kappa shape index (κ1) is 33.7. The third-order valence-electron chi connectivity index (χ3n) is 7.40. The molecule has 3 amide bonds. The monoisotopic (exact) mass is 590 g/mol. The Kier molecular flexibility index (Phi) is 9.68. The van der Waals surface area contributed by atoms with E-state index in [0.717, 1.165) is 0 Å². The number of hydrogen-bond acceptors (Lipinski definition) is 9. The second-order valence-electron chi connectivity index (χ2n) is 14.3. The highest BCUT2D eigenvalue weighted by atomic mass is 16.6. The number of nitrogens with one attached hydrogen (secondary N) is 3. The first-order valence-electron chi connectivity index (χ1n) is 14.4. The van der Waals surface area contributed by atoms with E-state index in [0.29, 0.717) is 43.3 Å². The van der Waals surface area contributed by atoms with Gasteiger partial charge in [-0.2, -0.15) is 0 Å². The fraction of sp³-hybridized carbons (Fsp3) is 0.733. The van der Waals surface area contributed by atoms with Gasteiger partial charge < -0.3 is 24.8 Å². The number of fused-ring (bicyclic) bond motifs is 2. The highest BCUT2D eigenvalue weighted by molar-refractivity contribution is 5.87. The van der Waals surface area contributed by atoms with Crippen LogP contribution in [0.3, 0.4) is 0 Å². The van der Waals surface area contributed by atoms with Crippen LogP contribution >= 0.6 is 0 Å². The minimum atomic E-state index is -1.20. The standard InChI is InChI=1S/C30H50N6O6/c1-26(2,3)42-25(39)32-20-12-21-14-35-16-27(4,5)33-23(37)29(8,40-10)19-36(15-22(13-20)31-21)17-28(6,7)34-24(38)30(9,18-35)41-11/h12-13H,14-19H2,1-11H3,(H,33,37)(H,34,38)(H,31,32,39)/t29-,30+. The molecule has 2 aliphatic heterocycles. The Balaban J connectivity index is 2.22. The summed E-state index contributed by atoms with van der Waals surface area (Å²) in [5.74, 6) is -0.473. The van der Waals surface area contributed by atoms with E-state index in [1.165, 1.54) is 14.2 Å². The molecule has 0 aromatic carbocycles. The van der Waals surface area contributed by atoms with Crippen molar-refractivity contribution >= 4 is 23.6 Å². The Labute approximate surface area is 250 Å². The van der Waals surface area contributed by atoms with Crippen LogP contribution in [0.4, 0.5) is 10.5 Å². The zero-order valence-corrected chi connectivity index (χ0v) is 27.2. The Hall–Kier alpha value is -2.80. The number of rotatable bonds is 3. The molecule has 42 heavy (non-hydrogen) atoms. The zero-order chi connectivity index (χ0) is 31.7. The molecule has 0 saturated heterocycles. The minimum absolute atomic E-state index is 0.219. The molecule has 0 aliphatic carbocycles. The summed E-state index contributed by atoms with van der Waals surface area (Å²) >= 11 is 0. The number of hydrogen-bond donors (Lipinski definition) is 3. The summed E-state index contributed by atoms with van der Waals surface area (Å²) in [5.41, 5.74) is -2.56. The molecule has 3 N–H and O–H groups in total. The van der Waals surface area contributed by atoms with Gasteiger partial charge in [0.25, 0.3) is 11.8 Å². The van der Waals surface area contributed by atoms with Crippen LogP contribution < -0.4 is 16.0 Å². The van der Waals surface area contributed by atoms with Gasteiger partial charge in [0.1, 0.15) is 5.60 Å². The van der Waals surface area contributed by atoms with Crippen LogP contribution in [0.5, 0.6) is 0 Å². The second-order valence-corrected chi connectivity index (χ2v) is 14.3. The van der Waals surface area contributed by atoms with Gasteiger partial charge in [0.2, 0.25) is 0 Å². The molecule has 236 valence electrons. The predicted octanol–water partition coefficient (Wildman–Crippen LogP) is 2.66. The van der Waals surface area contributed by atoms with Gasteiger partial charge >= 0.3 is 6.09 Å². The van der Waals surface area contributed by atoms with Crippen LogP contribution in [-0.4, -0.2) is 101 Å². The lowest BCUT2D eigenvalue weighted by atomic mass is 9.95. The molecule has 0 fully saturated rings. The van der Waals surface area contributed by atoms with E-state index in [4.69, 9.17) is 19.2 Å². The molecule has 12 nitrogen and oxygen atoms in total. The molecule has 2 aliphatic rings. The fourth-order valence-electron chi connectivity index (χ4n) is 5.49. The average molecular weight is 591 g/mol. The summed E-state index contributed by atoms with van der Waals surface area (Å²) in [6, 6.07) is 3.62. The Morgan fingerprint density at radius 2 is 1.21 bits per heavy atom. The average Bonchev–Trinajstić information content (AvgIpc) is 2.80. The van der Waals surface area contributed by atoms with Crippen molar-refractivity contribution in [2.75, 3.05) is 45.7 Å². The van der Waals surface area contributed by atoms with Crippen LogP contribution in [0.25, 0.3) is 0 Å². The Morgan fingerprint density at radius 3 is 1.57 bits per heavy atom. The maximum atomic E-state index is 13.7. The van der Waals surface area contributed by atoms with E-state index in [9.17, 15) is 14.4 Å². The van der Waals surface area contributed by atoms with Crippen molar-refractivity contribution in [3.05, 3.63) is 23.5 Å². The quantitative estimate of drug-likeness (QED) is 0.486. The van der Waals surface area contributed by atoms with E-state index >= 15 is 0 Å². The summed E-state index contributed by atoms with van der Waals surface area (Å²) in [5, 5.41) is 9.22. The first-order chi connectivity index (χ1) is 19.2. The second kappa shape index (κ2) is 12.1. The van der Waals surface area contributed by atoms with Crippen LogP contribution in [0.15, 0.2) is 12.1 Å². The van der Waals surface area contributed by atoms with Crippen molar-refractivity contribution in [1.29, 1.82) is 0 Å². The number of methoxy groups -OCH3 is 2. The molecule has 1 aromatic heterocycles. The molecular weight excluding hydrogens is 540 g/mol. The molecule has 1 aromatic rings. The largest absolute Gasteiger partial charge is 0.444 e. The fourth-order valence-corrected chi connectivity index (χ4v) is 5.49. The Morgan fingerprint density at radius 1 is 0.810 bits per heavy atom. The molecule has 3 heterocycles. The highest BCUT2D eigenvalue weighted by Gasteiger charge is 2.44. The molecule has 2 unspecified atom stereocenters. The zero-order valence-electron chi connectivity index (χ0n) is 27.2. The third kappa shape index (κ3) is 8.85. The summed E-state index contributed by atoms with van der Waals surface area (Å²) < 4.78 is 17.2. The number of carbonyl (C=O) groups is 3. The summed E-state index contributed by atoms with van der Waals surface area (Å²) in [6.45, 7) is 18.5. The van der Waals surface area contributed by atoms with Gasteiger partial charge in [-0.25, -0.2) is 4.79 Å². The summed E-state index contributed by atoms with van der Waals surface area (Å²) in [7, 11) is 3.05. The van der Waals surface area contributed by atoms with Crippen LogP contribution in [0.1, 0.15) is 73.7 Å². The maximum absolute atomic E-state index is 13.7. The van der Waals surface area contributed by atoms with Gasteiger partial charge in [-0.15, -0.1) is 0 Å². The number of ether oxygens (including phenoxy) is 3. The van der Waals surface area contributed by atoms with Gasteiger partial charge in [0, 0.05) is 70.3 Å². The van der Waals surface area contributed by atoms with Crippen molar-refractivity contribution in [2.45, 2.75) is 103 Å². The number of nitrogens with zero attached hydrogens (tertiary/aromatic N) is 3. The lowest BCUT2D eigenvalue weighted by Gasteiger charge is -2.43. The normalized spacial score (nSPS) is 30.1. The summed E-state index contributed by atoms with van der Waals surface area (Å²) in [6.07, 6.45) is -0.569. The Bertz CT molecular complexity index is 1110. The molecule has 4 atom stereocenters. The number of amides is 3. The van der Waals surface area contributed by atoms with E-state index < -0.39 is 34.0 Å². The van der Waals surface area contributed by atoms with Gasteiger partial charge in [0.05, 0.1) is 11.4 Å². The van der Waals surface area contributed by atoms with Crippen molar-refractivity contribution in [2.24, 2.45) is 0 Å². The highest BCUT2D eigenvalue weighted by Crippen LogP contribution is 2.26. The van der Waals surface area contributed by atoms with Crippen LogP contribution in [0, 0.1) is 0 Å². The molecule has 12 heteroatoms. The smallest absolute Gasteiger partial charge is 0.412 e. The number of aromatic nitrogens is 1. The maximum Gasteiger partial charge on any atom is 0.412 e. The number of pyridine rings is 1. The SMILES string of the molecule is CO[C@]1(C)CN2Cc3cc(NC(=O)OC(C)(C)C)cc(n3)CN(CC(C)(C)NC1=O)C[C@](C)(OC)C(=O)NC(C)(C)C2. The van der Waals surface area contributed by atoms with Gasteiger partial charge in [-0.1, -0.05) is 0 Å². The van der Waals surface area contributed by atoms with E-state index in [1.807, 2.05) is 70.4 Å². The van der Waals surface area contributed by atoms with E-state index in [2.05, 4.69) is 16.0 Å². The van der Waals surface area contributed by atoms with Crippen molar-refractivity contribution in [1.82, 2.24) is 25.4 Å². The summed E-state index contributed by atoms with van der Waals surface area (Å²) in [4.78, 5) is 49.2. The van der Waals surface area contributed by atoms with Crippen molar-refractivity contribution < 1.29 is 28.6 Å². The lowest BCUT2D eigenvalue weighted by Crippen LogP contribution is -2.65. The minimum Gasteiger partial charge on any atom is -0.444 e. The topological polar surface area (TPSA) is 134 Å². The third-order valence-corrected chi connectivity index (χ3v) is 7.40. The molecule has 0 radical (unpaired) electrons. The predicted molar refractivity (Wildman–Crippen MR) is 160 cm³/mol. The first-order valence-corrected chi connectivity index (χ1v) is 14.4. The molecule has 3 rings (SSSR count). The van der Waals surface area contributed by atoms with Crippen LogP contribution in [-0.2, 0) is 36.9 Å². The van der Waals surface area contributed by atoms with Gasteiger partial charge in [-0.05, 0) is 74.4 Å². The molecule has 0 spiro atoms. The van der Waals surface area contributed by atoms with Gasteiger partial charge in [-0.3, -0.25) is 29.7 Å². The lowest BCUT2D eigenvalue weighted by molar-refractivity contribution is -0.150. The van der Waals surface area contributed by atoms with Crippen LogP contribution in [0.2, 0.25) is 0 Å². The van der Waals surface area contributed by atoms with E-state index in [-0.39, 0.29) is 24.9 Å².